The second kappa shape index (κ2) is 4.57. The number of hydrogen-bond donors (Lipinski definition) is 0. The largest absolute Gasteiger partial charge is 0.338 e. The van der Waals surface area contributed by atoms with E-state index >= 15 is 0 Å². The maximum atomic E-state index is 10.5. The molecular weight excluding hydrogens is 204 g/mol. The first-order valence-corrected chi connectivity index (χ1v) is 5.43. The van der Waals surface area contributed by atoms with Gasteiger partial charge in [-0.15, -0.1) is 0 Å². The van der Waals surface area contributed by atoms with Gasteiger partial charge in [-0.2, -0.15) is 0 Å². The molecule has 86 valence electrons. The molecule has 0 aromatic carbocycles. The molecule has 1 aromatic heterocycles. The number of hydrogen-bond acceptors (Lipinski definition) is 5. The van der Waals surface area contributed by atoms with E-state index in [9.17, 15) is 4.79 Å². The lowest BCUT2D eigenvalue weighted by molar-refractivity contribution is 0.112. The molecule has 0 unspecified atom stereocenters. The molecule has 5 heteroatoms. The van der Waals surface area contributed by atoms with Crippen LogP contribution in [0.2, 0.25) is 0 Å². The molecule has 16 heavy (non-hydrogen) atoms. The van der Waals surface area contributed by atoms with Gasteiger partial charge >= 0.3 is 0 Å². The minimum absolute atomic E-state index is 0.503. The SMILES string of the molecule is C[C@@H]1CN(c2ncc(C=O)cn2)CCN1C. The summed E-state index contributed by atoms with van der Waals surface area (Å²) in [4.78, 5) is 23.4. The minimum Gasteiger partial charge on any atom is -0.338 e. The van der Waals surface area contributed by atoms with Crippen LogP contribution in [0.5, 0.6) is 0 Å². The smallest absolute Gasteiger partial charge is 0.225 e. The summed E-state index contributed by atoms with van der Waals surface area (Å²) >= 11 is 0. The van der Waals surface area contributed by atoms with Crippen LogP contribution < -0.4 is 4.90 Å². The molecule has 1 aliphatic rings. The minimum atomic E-state index is 0.503. The molecular formula is C11H16N4O. The van der Waals surface area contributed by atoms with Gasteiger partial charge in [0.05, 0.1) is 5.56 Å². The summed E-state index contributed by atoms with van der Waals surface area (Å²) in [6.45, 7) is 5.06. The van der Waals surface area contributed by atoms with Crippen LogP contribution >= 0.6 is 0 Å². The molecule has 2 heterocycles. The third-order valence-electron chi connectivity index (χ3n) is 3.04. The van der Waals surface area contributed by atoms with Crippen molar-refractivity contribution in [2.75, 3.05) is 31.6 Å². The van der Waals surface area contributed by atoms with E-state index in [4.69, 9.17) is 0 Å². The summed E-state index contributed by atoms with van der Waals surface area (Å²) in [6.07, 6.45) is 3.90. The normalized spacial score (nSPS) is 22.1. The van der Waals surface area contributed by atoms with E-state index < -0.39 is 0 Å². The maximum absolute atomic E-state index is 10.5. The predicted molar refractivity (Wildman–Crippen MR) is 61.7 cm³/mol. The quantitative estimate of drug-likeness (QED) is 0.676. The molecule has 1 saturated heterocycles. The zero-order valence-electron chi connectivity index (χ0n) is 9.63. The van der Waals surface area contributed by atoms with E-state index in [2.05, 4.69) is 33.7 Å². The van der Waals surface area contributed by atoms with Gasteiger partial charge in [0.2, 0.25) is 5.95 Å². The number of carbonyl (C=O) groups is 1. The zero-order chi connectivity index (χ0) is 11.5. The van der Waals surface area contributed by atoms with Crippen LogP contribution in [-0.2, 0) is 0 Å². The molecule has 0 saturated carbocycles. The van der Waals surface area contributed by atoms with Crippen LogP contribution in [0.4, 0.5) is 5.95 Å². The Morgan fingerprint density at radius 3 is 2.62 bits per heavy atom. The van der Waals surface area contributed by atoms with Crippen molar-refractivity contribution in [3.05, 3.63) is 18.0 Å². The van der Waals surface area contributed by atoms with Crippen molar-refractivity contribution in [3.63, 3.8) is 0 Å². The Morgan fingerprint density at radius 1 is 1.38 bits per heavy atom. The molecule has 1 atom stereocenters. The van der Waals surface area contributed by atoms with E-state index in [1.807, 2.05) is 0 Å². The van der Waals surface area contributed by atoms with Gasteiger partial charge in [0.15, 0.2) is 6.29 Å². The number of aldehydes is 1. The number of piperazine rings is 1. The number of carbonyl (C=O) groups excluding carboxylic acids is 1. The fourth-order valence-corrected chi connectivity index (χ4v) is 1.79. The van der Waals surface area contributed by atoms with Gasteiger partial charge in [-0.3, -0.25) is 4.79 Å². The number of nitrogens with zero attached hydrogens (tertiary/aromatic N) is 4. The van der Waals surface area contributed by atoms with Crippen LogP contribution in [0.15, 0.2) is 12.4 Å². The molecule has 2 rings (SSSR count). The Balaban J connectivity index is 2.09. The van der Waals surface area contributed by atoms with Crippen molar-refractivity contribution in [2.45, 2.75) is 13.0 Å². The van der Waals surface area contributed by atoms with Crippen molar-refractivity contribution < 1.29 is 4.79 Å². The first-order valence-electron chi connectivity index (χ1n) is 5.43. The second-order valence-corrected chi connectivity index (χ2v) is 4.21. The summed E-state index contributed by atoms with van der Waals surface area (Å²) in [6, 6.07) is 0.503. The molecule has 0 aliphatic carbocycles. The van der Waals surface area contributed by atoms with E-state index in [0.717, 1.165) is 25.9 Å². The van der Waals surface area contributed by atoms with Gasteiger partial charge in [0.1, 0.15) is 0 Å². The van der Waals surface area contributed by atoms with Gasteiger partial charge in [0.25, 0.3) is 0 Å². The molecule has 1 aliphatic heterocycles. The molecule has 0 amide bonds. The summed E-state index contributed by atoms with van der Waals surface area (Å²) in [5.74, 6) is 0.713. The summed E-state index contributed by atoms with van der Waals surface area (Å²) < 4.78 is 0. The monoisotopic (exact) mass is 220 g/mol. The predicted octanol–water partition coefficient (Wildman–Crippen LogP) is 0.429. The number of anilines is 1. The van der Waals surface area contributed by atoms with Crippen molar-refractivity contribution >= 4 is 12.2 Å². The Morgan fingerprint density at radius 2 is 2.06 bits per heavy atom. The molecule has 0 bridgehead atoms. The van der Waals surface area contributed by atoms with E-state index in [0.29, 0.717) is 17.6 Å². The van der Waals surface area contributed by atoms with Gasteiger partial charge in [-0.05, 0) is 14.0 Å². The highest BCUT2D eigenvalue weighted by atomic mass is 16.1. The van der Waals surface area contributed by atoms with Gasteiger partial charge in [-0.25, -0.2) is 9.97 Å². The van der Waals surface area contributed by atoms with Crippen LogP contribution in [0.25, 0.3) is 0 Å². The molecule has 1 aromatic rings. The highest BCUT2D eigenvalue weighted by Crippen LogP contribution is 2.13. The second-order valence-electron chi connectivity index (χ2n) is 4.21. The standard InChI is InChI=1S/C11H16N4O/c1-9-7-15(4-3-14(9)2)11-12-5-10(8-16)6-13-11/h5-6,8-9H,3-4,7H2,1-2H3/t9-/m1/s1. The topological polar surface area (TPSA) is 49.3 Å². The number of likely N-dealkylation sites (N-methyl/N-ethyl adjacent to an activating group) is 1. The fourth-order valence-electron chi connectivity index (χ4n) is 1.79. The van der Waals surface area contributed by atoms with Crippen LogP contribution in [0.1, 0.15) is 17.3 Å². The first-order chi connectivity index (χ1) is 7.70. The van der Waals surface area contributed by atoms with Crippen LogP contribution in [0, 0.1) is 0 Å². The fraction of sp³-hybridized carbons (Fsp3) is 0.545. The lowest BCUT2D eigenvalue weighted by Crippen LogP contribution is -2.50. The van der Waals surface area contributed by atoms with E-state index in [1.54, 1.807) is 12.4 Å². The zero-order valence-corrected chi connectivity index (χ0v) is 9.63. The lowest BCUT2D eigenvalue weighted by atomic mass is 10.2. The molecule has 0 spiro atoms. The summed E-state index contributed by atoms with van der Waals surface area (Å²) in [5, 5.41) is 0. The highest BCUT2D eigenvalue weighted by molar-refractivity contribution is 5.73. The van der Waals surface area contributed by atoms with E-state index in [-0.39, 0.29) is 0 Å². The first kappa shape index (κ1) is 11.0. The molecule has 1 fully saturated rings. The number of aromatic nitrogens is 2. The summed E-state index contributed by atoms with van der Waals surface area (Å²) in [5.41, 5.74) is 0.519. The Bertz CT molecular complexity index is 365. The Labute approximate surface area is 95.1 Å². The average molecular weight is 220 g/mol. The van der Waals surface area contributed by atoms with Crippen molar-refractivity contribution in [2.24, 2.45) is 0 Å². The van der Waals surface area contributed by atoms with Gasteiger partial charge < -0.3 is 9.80 Å². The van der Waals surface area contributed by atoms with Crippen LogP contribution in [0.3, 0.4) is 0 Å². The third-order valence-corrected chi connectivity index (χ3v) is 3.04. The Kier molecular flexibility index (Phi) is 3.14. The number of rotatable bonds is 2. The van der Waals surface area contributed by atoms with E-state index in [1.165, 1.54) is 0 Å². The van der Waals surface area contributed by atoms with Crippen molar-refractivity contribution in [1.29, 1.82) is 0 Å². The summed E-state index contributed by atoms with van der Waals surface area (Å²) in [7, 11) is 2.12. The average Bonchev–Trinajstić information content (AvgIpc) is 2.33. The molecule has 0 radical (unpaired) electrons. The third kappa shape index (κ3) is 2.19. The molecule has 5 nitrogen and oxygen atoms in total. The van der Waals surface area contributed by atoms with Crippen LogP contribution in [-0.4, -0.2) is 53.9 Å². The van der Waals surface area contributed by atoms with Gasteiger partial charge in [-0.1, -0.05) is 0 Å². The molecule has 0 N–H and O–H groups in total. The van der Waals surface area contributed by atoms with Crippen molar-refractivity contribution in [1.82, 2.24) is 14.9 Å². The van der Waals surface area contributed by atoms with Crippen molar-refractivity contribution in [3.8, 4) is 0 Å². The maximum Gasteiger partial charge on any atom is 0.225 e. The highest BCUT2D eigenvalue weighted by Gasteiger charge is 2.22. The lowest BCUT2D eigenvalue weighted by Gasteiger charge is -2.37. The van der Waals surface area contributed by atoms with Gasteiger partial charge in [0, 0.05) is 38.1 Å². The Hall–Kier alpha value is -1.49.